The summed E-state index contributed by atoms with van der Waals surface area (Å²) in [7, 11) is 0. The van der Waals surface area contributed by atoms with Gasteiger partial charge in [-0.2, -0.15) is 0 Å². The molecule has 0 fully saturated rings. The topological polar surface area (TPSA) is 30.3 Å². The first kappa shape index (κ1) is 12.6. The van der Waals surface area contributed by atoms with Crippen LogP contribution in [0.15, 0.2) is 0 Å². The Morgan fingerprint density at radius 1 is 1.29 bits per heavy atom. The van der Waals surface area contributed by atoms with Gasteiger partial charge in [0, 0.05) is 25.3 Å². The molecular weight excluding hydrogens is 214 g/mol. The van der Waals surface area contributed by atoms with Crippen LogP contribution in [-0.4, -0.2) is 40.3 Å². The highest BCUT2D eigenvalue weighted by Crippen LogP contribution is 2.16. The van der Waals surface area contributed by atoms with E-state index < -0.39 is 0 Å². The molecule has 4 nitrogen and oxygen atoms in total. The number of rotatable bonds is 4. The molecular formula is C13H23N3O. The van der Waals surface area contributed by atoms with Crippen LogP contribution in [0.25, 0.3) is 0 Å². The fourth-order valence-corrected chi connectivity index (χ4v) is 2.27. The summed E-state index contributed by atoms with van der Waals surface area (Å²) in [6, 6.07) is 0. The summed E-state index contributed by atoms with van der Waals surface area (Å²) in [6.07, 6.45) is 0.325. The second kappa shape index (κ2) is 5.19. The highest BCUT2D eigenvalue weighted by Gasteiger charge is 2.19. The molecule has 4 heteroatoms. The van der Waals surface area contributed by atoms with Crippen molar-refractivity contribution >= 4 is 0 Å². The molecule has 17 heavy (non-hydrogen) atoms. The lowest BCUT2D eigenvalue weighted by atomic mass is 10.3. The van der Waals surface area contributed by atoms with Crippen LogP contribution in [0.2, 0.25) is 0 Å². The van der Waals surface area contributed by atoms with Crippen molar-refractivity contribution in [1.29, 1.82) is 0 Å². The van der Waals surface area contributed by atoms with Crippen LogP contribution in [-0.2, 0) is 17.8 Å². The van der Waals surface area contributed by atoms with Crippen LogP contribution in [0.4, 0.5) is 0 Å². The molecule has 0 bridgehead atoms. The van der Waals surface area contributed by atoms with Crippen LogP contribution in [0.5, 0.6) is 0 Å². The SMILES string of the molecule is Cc1nc2n(c1C)CCN(CCOC(C)C)C2. The maximum atomic E-state index is 5.59. The third-order valence-electron chi connectivity index (χ3n) is 3.40. The summed E-state index contributed by atoms with van der Waals surface area (Å²) in [5.41, 5.74) is 2.48. The van der Waals surface area contributed by atoms with Crippen LogP contribution >= 0.6 is 0 Å². The minimum atomic E-state index is 0.325. The van der Waals surface area contributed by atoms with Crippen molar-refractivity contribution in [2.75, 3.05) is 19.7 Å². The number of nitrogens with zero attached hydrogens (tertiary/aromatic N) is 3. The highest BCUT2D eigenvalue weighted by atomic mass is 16.5. The zero-order valence-electron chi connectivity index (χ0n) is 11.4. The van der Waals surface area contributed by atoms with Crippen molar-refractivity contribution in [3.63, 3.8) is 0 Å². The van der Waals surface area contributed by atoms with Gasteiger partial charge in [0.25, 0.3) is 0 Å². The molecule has 0 aliphatic carbocycles. The molecule has 0 amide bonds. The summed E-state index contributed by atoms with van der Waals surface area (Å²) >= 11 is 0. The minimum Gasteiger partial charge on any atom is -0.377 e. The molecule has 0 radical (unpaired) electrons. The Kier molecular flexibility index (Phi) is 3.84. The molecule has 1 aliphatic rings. The molecule has 0 saturated carbocycles. The summed E-state index contributed by atoms with van der Waals surface area (Å²) in [5.74, 6) is 1.20. The summed E-state index contributed by atoms with van der Waals surface area (Å²) in [6.45, 7) is 13.3. The third kappa shape index (κ3) is 2.87. The van der Waals surface area contributed by atoms with Crippen LogP contribution < -0.4 is 0 Å². The Labute approximate surface area is 104 Å². The molecule has 0 unspecified atom stereocenters. The van der Waals surface area contributed by atoms with Crippen LogP contribution in [0, 0.1) is 13.8 Å². The van der Waals surface area contributed by atoms with Crippen molar-refractivity contribution < 1.29 is 4.74 Å². The summed E-state index contributed by atoms with van der Waals surface area (Å²) < 4.78 is 7.93. The Balaban J connectivity index is 1.90. The molecule has 1 aliphatic heterocycles. The molecule has 2 heterocycles. The zero-order chi connectivity index (χ0) is 12.4. The van der Waals surface area contributed by atoms with Gasteiger partial charge in [0.2, 0.25) is 0 Å². The molecule has 0 N–H and O–H groups in total. The quantitative estimate of drug-likeness (QED) is 0.799. The smallest absolute Gasteiger partial charge is 0.123 e. The lowest BCUT2D eigenvalue weighted by molar-refractivity contribution is 0.0528. The standard InChI is InChI=1S/C13H23N3O/c1-10(2)17-8-7-15-5-6-16-12(4)11(3)14-13(16)9-15/h10H,5-9H2,1-4H3. The van der Waals surface area contributed by atoms with Crippen molar-refractivity contribution in [2.45, 2.75) is 46.9 Å². The number of fused-ring (bicyclic) bond motifs is 1. The van der Waals surface area contributed by atoms with Crippen molar-refractivity contribution in [3.05, 3.63) is 17.2 Å². The van der Waals surface area contributed by atoms with Gasteiger partial charge in [-0.3, -0.25) is 4.90 Å². The first-order valence-corrected chi connectivity index (χ1v) is 6.44. The van der Waals surface area contributed by atoms with E-state index in [1.54, 1.807) is 0 Å². The van der Waals surface area contributed by atoms with E-state index in [4.69, 9.17) is 4.74 Å². The van der Waals surface area contributed by atoms with Gasteiger partial charge in [-0.1, -0.05) is 0 Å². The van der Waals surface area contributed by atoms with Gasteiger partial charge in [-0.15, -0.1) is 0 Å². The highest BCUT2D eigenvalue weighted by molar-refractivity contribution is 5.15. The minimum absolute atomic E-state index is 0.325. The average Bonchev–Trinajstić information content (AvgIpc) is 2.54. The van der Waals surface area contributed by atoms with E-state index in [1.165, 1.54) is 17.2 Å². The molecule has 0 aromatic carbocycles. The van der Waals surface area contributed by atoms with Crippen molar-refractivity contribution in [1.82, 2.24) is 14.5 Å². The zero-order valence-corrected chi connectivity index (χ0v) is 11.4. The number of aromatic nitrogens is 2. The van der Waals surface area contributed by atoms with Gasteiger partial charge in [0.15, 0.2) is 0 Å². The van der Waals surface area contributed by atoms with Gasteiger partial charge >= 0.3 is 0 Å². The predicted molar refractivity (Wildman–Crippen MR) is 68.1 cm³/mol. The maximum Gasteiger partial charge on any atom is 0.123 e. The number of hydrogen-bond donors (Lipinski definition) is 0. The van der Waals surface area contributed by atoms with Crippen molar-refractivity contribution in [2.24, 2.45) is 0 Å². The van der Waals surface area contributed by atoms with Gasteiger partial charge < -0.3 is 9.30 Å². The number of hydrogen-bond acceptors (Lipinski definition) is 3. The van der Waals surface area contributed by atoms with E-state index in [2.05, 4.69) is 42.1 Å². The van der Waals surface area contributed by atoms with E-state index in [9.17, 15) is 0 Å². The molecule has 1 aromatic heterocycles. The van der Waals surface area contributed by atoms with E-state index in [1.807, 2.05) is 0 Å². The van der Waals surface area contributed by atoms with Gasteiger partial charge in [-0.05, 0) is 27.7 Å². The van der Waals surface area contributed by atoms with E-state index in [-0.39, 0.29) is 0 Å². The number of imidazole rings is 1. The van der Waals surface area contributed by atoms with Crippen LogP contribution in [0.3, 0.4) is 0 Å². The largest absolute Gasteiger partial charge is 0.377 e. The molecule has 0 spiro atoms. The summed E-state index contributed by atoms with van der Waals surface area (Å²) in [5, 5.41) is 0. The molecule has 2 rings (SSSR count). The van der Waals surface area contributed by atoms with Gasteiger partial charge in [0.05, 0.1) is 24.9 Å². The van der Waals surface area contributed by atoms with E-state index in [0.29, 0.717) is 6.10 Å². The fourth-order valence-electron chi connectivity index (χ4n) is 2.27. The second-order valence-corrected chi connectivity index (χ2v) is 5.05. The maximum absolute atomic E-state index is 5.59. The first-order chi connectivity index (χ1) is 8.08. The van der Waals surface area contributed by atoms with Gasteiger partial charge in [-0.25, -0.2) is 4.98 Å². The Morgan fingerprint density at radius 2 is 2.06 bits per heavy atom. The number of ether oxygens (including phenoxy) is 1. The van der Waals surface area contributed by atoms with E-state index >= 15 is 0 Å². The second-order valence-electron chi connectivity index (χ2n) is 5.05. The lowest BCUT2D eigenvalue weighted by Crippen LogP contribution is -2.36. The monoisotopic (exact) mass is 237 g/mol. The Hall–Kier alpha value is -0.870. The van der Waals surface area contributed by atoms with E-state index in [0.717, 1.165) is 32.8 Å². The third-order valence-corrected chi connectivity index (χ3v) is 3.40. The Bertz CT molecular complexity index is 384. The molecule has 96 valence electrons. The summed E-state index contributed by atoms with van der Waals surface area (Å²) in [4.78, 5) is 7.04. The lowest BCUT2D eigenvalue weighted by Gasteiger charge is -2.28. The molecule has 0 saturated heterocycles. The Morgan fingerprint density at radius 3 is 2.76 bits per heavy atom. The van der Waals surface area contributed by atoms with Crippen molar-refractivity contribution in [3.8, 4) is 0 Å². The molecule has 0 atom stereocenters. The first-order valence-electron chi connectivity index (χ1n) is 6.44. The average molecular weight is 237 g/mol. The van der Waals surface area contributed by atoms with Gasteiger partial charge in [0.1, 0.15) is 5.82 Å². The normalized spacial score (nSPS) is 16.5. The van der Waals surface area contributed by atoms with Crippen LogP contribution in [0.1, 0.15) is 31.1 Å². The predicted octanol–water partition coefficient (Wildman–Crippen LogP) is 1.74. The number of aryl methyl sites for hydroxylation is 1. The molecule has 1 aromatic rings. The fraction of sp³-hybridized carbons (Fsp3) is 0.769.